The van der Waals surface area contributed by atoms with Crippen molar-refractivity contribution in [3.63, 3.8) is 0 Å². The maximum atomic E-state index is 11.1. The lowest BCUT2D eigenvalue weighted by Crippen LogP contribution is -2.13. The molecule has 0 spiro atoms. The molecule has 130 valence electrons. The van der Waals surface area contributed by atoms with E-state index in [-0.39, 0.29) is 16.7 Å². The smallest absolute Gasteiger partial charge is 0.335 e. The molecule has 0 saturated heterocycles. The third-order valence-corrected chi connectivity index (χ3v) is 3.95. The van der Waals surface area contributed by atoms with Crippen molar-refractivity contribution in [2.24, 2.45) is 0 Å². The Labute approximate surface area is 144 Å². The molecule has 1 aromatic heterocycles. The van der Waals surface area contributed by atoms with Gasteiger partial charge >= 0.3 is 5.97 Å². The van der Waals surface area contributed by atoms with Crippen molar-refractivity contribution in [2.75, 3.05) is 7.11 Å². The topological polar surface area (TPSA) is 97.5 Å². The summed E-state index contributed by atoms with van der Waals surface area (Å²) in [5, 5.41) is 28.5. The molecular weight excluding hydrogens is 322 g/mol. The number of rotatable bonds is 3. The van der Waals surface area contributed by atoms with Crippen molar-refractivity contribution < 1.29 is 19.7 Å². The average molecular weight is 341 g/mol. The molecular formula is C18H19N3O4. The summed E-state index contributed by atoms with van der Waals surface area (Å²) in [4.78, 5) is 12.4. The second-order valence-electron chi connectivity index (χ2n) is 6.79. The van der Waals surface area contributed by atoms with Crippen LogP contribution < -0.4 is 4.74 Å². The number of phenolic OH excluding ortho intramolecular Hbond substituents is 1. The van der Waals surface area contributed by atoms with E-state index in [9.17, 15) is 9.90 Å². The molecule has 0 aliphatic rings. The fourth-order valence-corrected chi connectivity index (χ4v) is 2.59. The molecule has 7 nitrogen and oxygen atoms in total. The van der Waals surface area contributed by atoms with Crippen molar-refractivity contribution >= 4 is 17.0 Å². The molecule has 7 heteroatoms. The maximum absolute atomic E-state index is 11.1. The Morgan fingerprint density at radius 3 is 2.40 bits per heavy atom. The molecule has 1 heterocycles. The van der Waals surface area contributed by atoms with E-state index < -0.39 is 5.97 Å². The lowest BCUT2D eigenvalue weighted by molar-refractivity contribution is 0.0697. The highest BCUT2D eigenvalue weighted by atomic mass is 16.5. The number of phenols is 1. The number of benzene rings is 2. The van der Waals surface area contributed by atoms with E-state index in [2.05, 4.69) is 10.2 Å². The van der Waals surface area contributed by atoms with Gasteiger partial charge in [0.15, 0.2) is 0 Å². The predicted octanol–water partition coefficient (Wildman–Crippen LogP) is 3.13. The standard InChI is InChI=1S/C18H19N3O4/c1-18(2,3)12-8-11(25-4)9-15(16(12)22)21-19-13-6-5-10(17(23)24)7-14(13)20-21/h5-9,22H,1-4H3,(H,23,24). The Bertz CT molecular complexity index is 970. The van der Waals surface area contributed by atoms with Crippen LogP contribution in [0.25, 0.3) is 16.7 Å². The predicted molar refractivity (Wildman–Crippen MR) is 92.7 cm³/mol. The van der Waals surface area contributed by atoms with E-state index in [0.717, 1.165) is 0 Å². The minimum atomic E-state index is -1.03. The summed E-state index contributed by atoms with van der Waals surface area (Å²) >= 11 is 0. The van der Waals surface area contributed by atoms with Crippen LogP contribution in [0.1, 0.15) is 36.7 Å². The van der Waals surface area contributed by atoms with Gasteiger partial charge in [-0.2, -0.15) is 0 Å². The van der Waals surface area contributed by atoms with Gasteiger partial charge in [0.05, 0.1) is 12.7 Å². The van der Waals surface area contributed by atoms with E-state index in [4.69, 9.17) is 9.84 Å². The number of hydrogen-bond acceptors (Lipinski definition) is 5. The number of aromatic nitrogens is 3. The van der Waals surface area contributed by atoms with E-state index in [1.807, 2.05) is 20.8 Å². The van der Waals surface area contributed by atoms with Gasteiger partial charge in [0.2, 0.25) is 0 Å². The molecule has 0 aliphatic heterocycles. The zero-order chi connectivity index (χ0) is 18.4. The number of methoxy groups -OCH3 is 1. The summed E-state index contributed by atoms with van der Waals surface area (Å²) in [6.07, 6.45) is 0. The molecule has 0 aliphatic carbocycles. The van der Waals surface area contributed by atoms with Crippen molar-refractivity contribution in [1.82, 2.24) is 15.0 Å². The Balaban J connectivity index is 2.22. The Morgan fingerprint density at radius 2 is 1.80 bits per heavy atom. The molecule has 3 rings (SSSR count). The van der Waals surface area contributed by atoms with Crippen LogP contribution in [0.4, 0.5) is 0 Å². The monoisotopic (exact) mass is 341 g/mol. The highest BCUT2D eigenvalue weighted by Gasteiger charge is 2.23. The number of carboxylic acid groups (broad SMARTS) is 1. The SMILES string of the molecule is COc1cc(-n2nc3ccc(C(=O)O)cc3n2)c(O)c(C(C)(C)C)c1. The molecule has 0 radical (unpaired) electrons. The van der Waals surface area contributed by atoms with E-state index in [1.165, 1.54) is 16.9 Å². The van der Waals surface area contributed by atoms with Gasteiger partial charge in [-0.25, -0.2) is 4.79 Å². The van der Waals surface area contributed by atoms with Gasteiger partial charge in [0.1, 0.15) is 28.2 Å². The van der Waals surface area contributed by atoms with Gasteiger partial charge in [0.25, 0.3) is 0 Å². The van der Waals surface area contributed by atoms with Crippen LogP contribution in [0.2, 0.25) is 0 Å². The molecule has 0 atom stereocenters. The molecule has 25 heavy (non-hydrogen) atoms. The van der Waals surface area contributed by atoms with Crippen LogP contribution in [0.15, 0.2) is 30.3 Å². The van der Waals surface area contributed by atoms with Crippen LogP contribution in [0.3, 0.4) is 0 Å². The quantitative estimate of drug-likeness (QED) is 0.759. The fourth-order valence-electron chi connectivity index (χ4n) is 2.59. The van der Waals surface area contributed by atoms with Crippen LogP contribution in [0, 0.1) is 0 Å². The fraction of sp³-hybridized carbons (Fsp3) is 0.278. The van der Waals surface area contributed by atoms with E-state index in [1.54, 1.807) is 25.3 Å². The molecule has 0 saturated carbocycles. The van der Waals surface area contributed by atoms with Gasteiger partial charge in [-0.3, -0.25) is 0 Å². The zero-order valence-corrected chi connectivity index (χ0v) is 14.4. The lowest BCUT2D eigenvalue weighted by atomic mass is 9.86. The van der Waals surface area contributed by atoms with Crippen molar-refractivity contribution in [3.8, 4) is 17.2 Å². The Morgan fingerprint density at radius 1 is 1.12 bits per heavy atom. The van der Waals surface area contributed by atoms with E-state index in [0.29, 0.717) is 28.0 Å². The summed E-state index contributed by atoms with van der Waals surface area (Å²) in [7, 11) is 1.55. The first-order valence-electron chi connectivity index (χ1n) is 7.73. The zero-order valence-electron chi connectivity index (χ0n) is 14.4. The van der Waals surface area contributed by atoms with Crippen LogP contribution in [-0.2, 0) is 5.41 Å². The van der Waals surface area contributed by atoms with Gasteiger partial charge in [-0.1, -0.05) is 20.8 Å². The summed E-state index contributed by atoms with van der Waals surface area (Å²) in [6, 6.07) is 7.93. The third-order valence-electron chi connectivity index (χ3n) is 3.95. The largest absolute Gasteiger partial charge is 0.505 e. The number of carbonyl (C=O) groups is 1. The first kappa shape index (κ1) is 16.8. The minimum Gasteiger partial charge on any atom is -0.505 e. The molecule has 0 bridgehead atoms. The Kier molecular flexibility index (Phi) is 3.87. The third kappa shape index (κ3) is 3.00. The second kappa shape index (κ2) is 5.77. The van der Waals surface area contributed by atoms with Crippen molar-refractivity contribution in [2.45, 2.75) is 26.2 Å². The number of carboxylic acids is 1. The van der Waals surface area contributed by atoms with Crippen molar-refractivity contribution in [1.29, 1.82) is 0 Å². The van der Waals surface area contributed by atoms with Crippen LogP contribution in [0.5, 0.6) is 11.5 Å². The Hall–Kier alpha value is -3.09. The normalized spacial score (nSPS) is 11.7. The number of fused-ring (bicyclic) bond motifs is 1. The molecule has 0 amide bonds. The number of hydrogen-bond donors (Lipinski definition) is 2. The number of aromatic carboxylic acids is 1. The number of ether oxygens (including phenoxy) is 1. The average Bonchev–Trinajstić information content (AvgIpc) is 2.96. The highest BCUT2D eigenvalue weighted by molar-refractivity contribution is 5.92. The first-order valence-corrected chi connectivity index (χ1v) is 7.73. The van der Waals surface area contributed by atoms with E-state index >= 15 is 0 Å². The second-order valence-corrected chi connectivity index (χ2v) is 6.79. The maximum Gasteiger partial charge on any atom is 0.335 e. The summed E-state index contributed by atoms with van der Waals surface area (Å²) < 4.78 is 5.33. The minimum absolute atomic E-state index is 0.0621. The van der Waals surface area contributed by atoms with Gasteiger partial charge in [0, 0.05) is 11.6 Å². The summed E-state index contributed by atoms with van der Waals surface area (Å²) in [6.45, 7) is 5.95. The van der Waals surface area contributed by atoms with Gasteiger partial charge < -0.3 is 14.9 Å². The molecule has 0 unspecified atom stereocenters. The van der Waals surface area contributed by atoms with Crippen LogP contribution in [-0.4, -0.2) is 38.3 Å². The number of nitrogens with zero attached hydrogens (tertiary/aromatic N) is 3. The lowest BCUT2D eigenvalue weighted by Gasteiger charge is -2.22. The summed E-state index contributed by atoms with van der Waals surface area (Å²) in [5.41, 5.74) is 1.86. The van der Waals surface area contributed by atoms with Crippen LogP contribution >= 0.6 is 0 Å². The number of aromatic hydroxyl groups is 1. The molecule has 2 N–H and O–H groups in total. The van der Waals surface area contributed by atoms with Crippen molar-refractivity contribution in [3.05, 3.63) is 41.5 Å². The highest BCUT2D eigenvalue weighted by Crippen LogP contribution is 2.38. The summed E-state index contributed by atoms with van der Waals surface area (Å²) in [5.74, 6) is -0.395. The first-order chi connectivity index (χ1) is 11.7. The molecule has 3 aromatic rings. The van der Waals surface area contributed by atoms with Gasteiger partial charge in [-0.15, -0.1) is 15.0 Å². The molecule has 2 aromatic carbocycles. The molecule has 0 fully saturated rings. The van der Waals surface area contributed by atoms with Gasteiger partial charge in [-0.05, 0) is 29.7 Å².